The summed E-state index contributed by atoms with van der Waals surface area (Å²) in [6.45, 7) is 8.07. The van der Waals surface area contributed by atoms with Crippen LogP contribution in [0.15, 0.2) is 47.4 Å². The number of rotatable bonds is 5. The summed E-state index contributed by atoms with van der Waals surface area (Å²) < 4.78 is 35.8. The largest absolute Gasteiger partial charge is 0.486 e. The van der Waals surface area contributed by atoms with Crippen LogP contribution in [0.5, 0.6) is 11.5 Å². The molecule has 8 heteroatoms. The third-order valence-electron chi connectivity index (χ3n) is 5.72. The molecule has 0 aromatic heterocycles. The maximum atomic E-state index is 12.8. The monoisotopic (exact) mass is 444 g/mol. The van der Waals surface area contributed by atoms with Crippen molar-refractivity contribution in [3.05, 3.63) is 53.6 Å². The van der Waals surface area contributed by atoms with E-state index in [1.54, 1.807) is 26.0 Å². The second-order valence-corrected chi connectivity index (χ2v) is 10.7. The van der Waals surface area contributed by atoms with Crippen LogP contribution in [-0.4, -0.2) is 68.8 Å². The fourth-order valence-electron chi connectivity index (χ4n) is 3.80. The summed E-state index contributed by atoms with van der Waals surface area (Å²) in [5.41, 5.74) is 1.67. The standard InChI is InChI=1S/C23H28N2O5S/c1-17(2)31(27,28)20-6-4-19(5-7-20)23(26)25-11-9-24(10-12-25)16-18-3-8-21-22(15-18)30-14-13-29-21/h3-8,15,17H,9-14,16H2,1-2H3. The molecule has 0 aliphatic carbocycles. The van der Waals surface area contributed by atoms with E-state index >= 15 is 0 Å². The van der Waals surface area contributed by atoms with Crippen LogP contribution in [0.2, 0.25) is 0 Å². The van der Waals surface area contributed by atoms with Crippen LogP contribution < -0.4 is 9.47 Å². The van der Waals surface area contributed by atoms with Crippen LogP contribution in [0.1, 0.15) is 29.8 Å². The molecular formula is C23H28N2O5S. The summed E-state index contributed by atoms with van der Waals surface area (Å²) in [5.74, 6) is 1.52. The van der Waals surface area contributed by atoms with E-state index in [-0.39, 0.29) is 10.8 Å². The van der Waals surface area contributed by atoms with Gasteiger partial charge in [-0.3, -0.25) is 9.69 Å². The molecule has 0 saturated carbocycles. The van der Waals surface area contributed by atoms with E-state index in [1.165, 1.54) is 12.1 Å². The molecule has 166 valence electrons. The van der Waals surface area contributed by atoms with Crippen LogP contribution in [0.25, 0.3) is 0 Å². The van der Waals surface area contributed by atoms with Crippen molar-refractivity contribution in [2.45, 2.75) is 30.5 Å². The number of ether oxygens (including phenoxy) is 2. The first-order valence-electron chi connectivity index (χ1n) is 10.6. The number of hydrogen-bond donors (Lipinski definition) is 0. The van der Waals surface area contributed by atoms with Crippen LogP contribution in [0.3, 0.4) is 0 Å². The third kappa shape index (κ3) is 4.70. The van der Waals surface area contributed by atoms with Gasteiger partial charge in [-0.1, -0.05) is 6.07 Å². The first-order valence-corrected chi connectivity index (χ1v) is 12.1. The average Bonchev–Trinajstić information content (AvgIpc) is 2.79. The summed E-state index contributed by atoms with van der Waals surface area (Å²) in [4.78, 5) is 17.2. The lowest BCUT2D eigenvalue weighted by atomic mass is 10.1. The number of benzene rings is 2. The van der Waals surface area contributed by atoms with Gasteiger partial charge in [-0.25, -0.2) is 8.42 Å². The molecule has 2 aromatic carbocycles. The van der Waals surface area contributed by atoms with Crippen molar-refractivity contribution in [2.24, 2.45) is 0 Å². The van der Waals surface area contributed by atoms with E-state index in [2.05, 4.69) is 11.0 Å². The molecule has 1 fully saturated rings. The molecule has 1 saturated heterocycles. The Labute approximate surface area is 183 Å². The molecule has 0 unspecified atom stereocenters. The van der Waals surface area contributed by atoms with Gasteiger partial charge in [-0.15, -0.1) is 0 Å². The molecule has 0 spiro atoms. The van der Waals surface area contributed by atoms with Crippen molar-refractivity contribution in [3.8, 4) is 11.5 Å². The molecule has 1 amide bonds. The fourth-order valence-corrected chi connectivity index (χ4v) is 4.86. The maximum Gasteiger partial charge on any atom is 0.253 e. The summed E-state index contributed by atoms with van der Waals surface area (Å²) >= 11 is 0. The molecule has 7 nitrogen and oxygen atoms in total. The van der Waals surface area contributed by atoms with Gasteiger partial charge in [0.15, 0.2) is 21.3 Å². The minimum absolute atomic E-state index is 0.0625. The Kier molecular flexibility index (Phi) is 6.20. The molecule has 0 bridgehead atoms. The second kappa shape index (κ2) is 8.88. The SMILES string of the molecule is CC(C)S(=O)(=O)c1ccc(C(=O)N2CCN(Cc3ccc4c(c3)OCCO4)CC2)cc1. The van der Waals surface area contributed by atoms with Crippen molar-refractivity contribution in [1.29, 1.82) is 0 Å². The summed E-state index contributed by atoms with van der Waals surface area (Å²) in [5, 5.41) is -0.490. The Bertz CT molecular complexity index is 1040. The number of hydrogen-bond acceptors (Lipinski definition) is 6. The zero-order valence-corrected chi connectivity index (χ0v) is 18.7. The minimum atomic E-state index is -3.34. The summed E-state index contributed by atoms with van der Waals surface area (Å²) in [6.07, 6.45) is 0. The number of nitrogens with zero attached hydrogens (tertiary/aromatic N) is 2. The zero-order valence-electron chi connectivity index (χ0n) is 17.9. The van der Waals surface area contributed by atoms with Gasteiger partial charge in [0.2, 0.25) is 0 Å². The number of fused-ring (bicyclic) bond motifs is 1. The molecule has 4 rings (SSSR count). The van der Waals surface area contributed by atoms with E-state index in [0.717, 1.165) is 36.7 Å². The Balaban J connectivity index is 1.34. The van der Waals surface area contributed by atoms with E-state index in [4.69, 9.17) is 9.47 Å². The van der Waals surface area contributed by atoms with E-state index in [0.29, 0.717) is 31.9 Å². The van der Waals surface area contributed by atoms with Crippen molar-refractivity contribution in [2.75, 3.05) is 39.4 Å². The number of carbonyl (C=O) groups excluding carboxylic acids is 1. The lowest BCUT2D eigenvalue weighted by Gasteiger charge is -2.35. The van der Waals surface area contributed by atoms with Gasteiger partial charge in [0.05, 0.1) is 10.1 Å². The van der Waals surface area contributed by atoms with Gasteiger partial charge in [0, 0.05) is 38.3 Å². The Hall–Kier alpha value is -2.58. The van der Waals surface area contributed by atoms with E-state index < -0.39 is 15.1 Å². The van der Waals surface area contributed by atoms with E-state index in [1.807, 2.05) is 17.0 Å². The molecule has 2 heterocycles. The second-order valence-electron chi connectivity index (χ2n) is 8.16. The topological polar surface area (TPSA) is 76.2 Å². The van der Waals surface area contributed by atoms with E-state index in [9.17, 15) is 13.2 Å². The highest BCUT2D eigenvalue weighted by molar-refractivity contribution is 7.92. The normalized spacial score (nSPS) is 17.1. The van der Waals surface area contributed by atoms with Crippen LogP contribution >= 0.6 is 0 Å². The van der Waals surface area contributed by atoms with Gasteiger partial charge in [0.25, 0.3) is 5.91 Å². The maximum absolute atomic E-state index is 12.8. The van der Waals surface area contributed by atoms with Crippen molar-refractivity contribution in [1.82, 2.24) is 9.80 Å². The predicted octanol–water partition coefficient (Wildman–Crippen LogP) is 2.60. The van der Waals surface area contributed by atoms with Gasteiger partial charge >= 0.3 is 0 Å². The van der Waals surface area contributed by atoms with Gasteiger partial charge in [0.1, 0.15) is 13.2 Å². The lowest BCUT2D eigenvalue weighted by Crippen LogP contribution is -2.48. The Morgan fingerprint density at radius 1 is 0.935 bits per heavy atom. The zero-order chi connectivity index (χ0) is 22.0. The smallest absolute Gasteiger partial charge is 0.253 e. The minimum Gasteiger partial charge on any atom is -0.486 e. The van der Waals surface area contributed by atoms with Crippen molar-refractivity contribution >= 4 is 15.7 Å². The number of sulfone groups is 1. The highest BCUT2D eigenvalue weighted by Crippen LogP contribution is 2.31. The molecule has 0 N–H and O–H groups in total. The van der Waals surface area contributed by atoms with Crippen LogP contribution in [0, 0.1) is 0 Å². The Morgan fingerprint density at radius 2 is 1.58 bits per heavy atom. The molecule has 2 aliphatic rings. The number of piperazine rings is 1. The predicted molar refractivity (Wildman–Crippen MR) is 117 cm³/mol. The summed E-state index contributed by atoms with van der Waals surface area (Å²) in [6, 6.07) is 12.3. The highest BCUT2D eigenvalue weighted by Gasteiger charge is 2.24. The Morgan fingerprint density at radius 3 is 2.23 bits per heavy atom. The molecule has 2 aliphatic heterocycles. The molecule has 2 aromatic rings. The highest BCUT2D eigenvalue weighted by atomic mass is 32.2. The summed E-state index contributed by atoms with van der Waals surface area (Å²) in [7, 11) is -3.34. The quantitative estimate of drug-likeness (QED) is 0.706. The third-order valence-corrected chi connectivity index (χ3v) is 7.89. The van der Waals surface area contributed by atoms with Gasteiger partial charge in [-0.2, -0.15) is 0 Å². The lowest BCUT2D eigenvalue weighted by molar-refractivity contribution is 0.0628. The van der Waals surface area contributed by atoms with Crippen molar-refractivity contribution < 1.29 is 22.7 Å². The molecule has 31 heavy (non-hydrogen) atoms. The molecular weight excluding hydrogens is 416 g/mol. The number of carbonyl (C=O) groups is 1. The van der Waals surface area contributed by atoms with Crippen LogP contribution in [0.4, 0.5) is 0 Å². The van der Waals surface area contributed by atoms with Gasteiger partial charge in [-0.05, 0) is 55.8 Å². The molecule has 0 radical (unpaired) electrons. The van der Waals surface area contributed by atoms with Crippen molar-refractivity contribution in [3.63, 3.8) is 0 Å². The van der Waals surface area contributed by atoms with Gasteiger partial charge < -0.3 is 14.4 Å². The van der Waals surface area contributed by atoms with Crippen LogP contribution in [-0.2, 0) is 16.4 Å². The average molecular weight is 445 g/mol. The first-order chi connectivity index (χ1) is 14.8. The first kappa shape index (κ1) is 21.6. The molecule has 0 atom stereocenters. The fraction of sp³-hybridized carbons (Fsp3) is 0.435. The number of amides is 1.